The Morgan fingerprint density at radius 3 is 2.85 bits per heavy atom. The highest BCUT2D eigenvalue weighted by molar-refractivity contribution is 9.10. The molecule has 2 aromatic heterocycles. The zero-order valence-corrected chi connectivity index (χ0v) is 14.1. The van der Waals surface area contributed by atoms with E-state index in [2.05, 4.69) is 47.1 Å². The predicted molar refractivity (Wildman–Crippen MR) is 87.2 cm³/mol. The molecule has 0 amide bonds. The molecule has 102 valence electrons. The number of nitrogens with one attached hydrogen (secondary N) is 1. The second kappa shape index (κ2) is 5.71. The number of hydrogen-bond acceptors (Lipinski definition) is 3. The van der Waals surface area contributed by atoms with E-state index in [1.807, 2.05) is 35.0 Å². The van der Waals surface area contributed by atoms with E-state index in [4.69, 9.17) is 11.6 Å². The maximum atomic E-state index is 5.93. The molecule has 0 unspecified atom stereocenters. The van der Waals surface area contributed by atoms with Crippen molar-refractivity contribution in [3.63, 3.8) is 0 Å². The van der Waals surface area contributed by atoms with Gasteiger partial charge in [0.15, 0.2) is 5.65 Å². The summed E-state index contributed by atoms with van der Waals surface area (Å²) in [6.45, 7) is 0.651. The van der Waals surface area contributed by atoms with Crippen LogP contribution >= 0.6 is 43.5 Å². The Hall–Kier alpha value is -1.11. The molecule has 0 aliphatic carbocycles. The normalized spacial score (nSPS) is 10.9. The van der Waals surface area contributed by atoms with Crippen molar-refractivity contribution in [2.75, 3.05) is 5.32 Å². The number of benzene rings is 1. The Morgan fingerprint density at radius 2 is 2.05 bits per heavy atom. The van der Waals surface area contributed by atoms with E-state index in [0.717, 1.165) is 26.1 Å². The molecule has 0 saturated heterocycles. The summed E-state index contributed by atoms with van der Waals surface area (Å²) in [4.78, 5) is 8.47. The van der Waals surface area contributed by atoms with Crippen LogP contribution in [0, 0.1) is 0 Å². The lowest BCUT2D eigenvalue weighted by Gasteiger charge is -2.08. The summed E-state index contributed by atoms with van der Waals surface area (Å²) in [5.74, 6) is 0. The van der Waals surface area contributed by atoms with E-state index in [1.165, 1.54) is 0 Å². The van der Waals surface area contributed by atoms with Gasteiger partial charge in [-0.25, -0.2) is 9.97 Å². The molecule has 0 radical (unpaired) electrons. The van der Waals surface area contributed by atoms with Crippen molar-refractivity contribution in [1.82, 2.24) is 14.4 Å². The molecule has 0 aliphatic rings. The van der Waals surface area contributed by atoms with E-state index in [-0.39, 0.29) is 0 Å². The summed E-state index contributed by atoms with van der Waals surface area (Å²) in [6.07, 6.45) is 5.46. The number of halogens is 3. The molecule has 4 nitrogen and oxygen atoms in total. The summed E-state index contributed by atoms with van der Waals surface area (Å²) in [5, 5.41) is 4.05. The fraction of sp³-hybridized carbons (Fsp3) is 0.0769. The van der Waals surface area contributed by atoms with Gasteiger partial charge in [-0.2, -0.15) is 0 Å². The van der Waals surface area contributed by atoms with Gasteiger partial charge < -0.3 is 5.32 Å². The Labute approximate surface area is 137 Å². The van der Waals surface area contributed by atoms with Crippen LogP contribution in [0.5, 0.6) is 0 Å². The van der Waals surface area contributed by atoms with Crippen LogP contribution in [-0.2, 0) is 6.54 Å². The minimum Gasteiger partial charge on any atom is -0.378 e. The van der Waals surface area contributed by atoms with Gasteiger partial charge >= 0.3 is 0 Å². The van der Waals surface area contributed by atoms with Crippen molar-refractivity contribution >= 4 is 54.8 Å². The quantitative estimate of drug-likeness (QED) is 0.683. The number of hydrogen-bond donors (Lipinski definition) is 1. The smallest absolute Gasteiger partial charge is 0.155 e. The SMILES string of the molecule is Clc1ccc(NCc2cnc3cnc(Br)cn23)c(Br)c1. The van der Waals surface area contributed by atoms with Crippen LogP contribution in [-0.4, -0.2) is 14.4 Å². The van der Waals surface area contributed by atoms with Gasteiger partial charge in [0, 0.05) is 21.4 Å². The molecule has 0 spiro atoms. The molecule has 0 fully saturated rings. The van der Waals surface area contributed by atoms with Crippen molar-refractivity contribution in [2.24, 2.45) is 0 Å². The molecule has 3 rings (SSSR count). The second-order valence-electron chi connectivity index (χ2n) is 4.17. The van der Waals surface area contributed by atoms with Gasteiger partial charge in [0.2, 0.25) is 0 Å². The van der Waals surface area contributed by atoms with E-state index < -0.39 is 0 Å². The van der Waals surface area contributed by atoms with Gasteiger partial charge in [0.05, 0.1) is 24.6 Å². The molecule has 1 aromatic carbocycles. The maximum Gasteiger partial charge on any atom is 0.155 e. The molecular formula is C13H9Br2ClN4. The first-order valence-corrected chi connectivity index (χ1v) is 7.76. The zero-order valence-electron chi connectivity index (χ0n) is 10.1. The van der Waals surface area contributed by atoms with E-state index in [9.17, 15) is 0 Å². The molecule has 1 N–H and O–H groups in total. The lowest BCUT2D eigenvalue weighted by molar-refractivity contribution is 0.982. The van der Waals surface area contributed by atoms with Crippen molar-refractivity contribution in [3.05, 3.63) is 56.6 Å². The minimum absolute atomic E-state index is 0.651. The topological polar surface area (TPSA) is 42.2 Å². The monoisotopic (exact) mass is 414 g/mol. The molecule has 20 heavy (non-hydrogen) atoms. The number of fused-ring (bicyclic) bond motifs is 1. The lowest BCUT2D eigenvalue weighted by atomic mass is 10.3. The molecule has 0 bridgehead atoms. The number of rotatable bonds is 3. The van der Waals surface area contributed by atoms with Gasteiger partial charge in [-0.15, -0.1) is 0 Å². The standard InChI is InChI=1S/C13H9Br2ClN4/c14-10-3-8(16)1-2-11(10)17-4-9-5-19-13-6-18-12(15)7-20(9)13/h1-3,5-7,17H,4H2. The highest BCUT2D eigenvalue weighted by Crippen LogP contribution is 2.26. The number of anilines is 1. The first kappa shape index (κ1) is 13.9. The second-order valence-corrected chi connectivity index (χ2v) is 6.27. The fourth-order valence-electron chi connectivity index (χ4n) is 1.87. The van der Waals surface area contributed by atoms with Gasteiger partial charge in [0.1, 0.15) is 4.60 Å². The third kappa shape index (κ3) is 2.82. The molecule has 3 aromatic rings. The number of aromatic nitrogens is 3. The Bertz CT molecular complexity index is 772. The predicted octanol–water partition coefficient (Wildman–Crippen LogP) is 4.52. The van der Waals surface area contributed by atoms with Crippen molar-refractivity contribution in [3.8, 4) is 0 Å². The number of imidazole rings is 1. The minimum atomic E-state index is 0.651. The van der Waals surface area contributed by atoms with E-state index in [0.29, 0.717) is 11.6 Å². The highest BCUT2D eigenvalue weighted by atomic mass is 79.9. The highest BCUT2D eigenvalue weighted by Gasteiger charge is 2.06. The molecule has 2 heterocycles. The van der Waals surface area contributed by atoms with Crippen molar-refractivity contribution in [1.29, 1.82) is 0 Å². The Kier molecular flexibility index (Phi) is 3.96. The Morgan fingerprint density at radius 1 is 1.20 bits per heavy atom. The first-order valence-electron chi connectivity index (χ1n) is 5.80. The first-order chi connectivity index (χ1) is 9.63. The average molecular weight is 417 g/mol. The third-order valence-electron chi connectivity index (χ3n) is 2.83. The molecular weight excluding hydrogens is 407 g/mol. The van der Waals surface area contributed by atoms with Crippen molar-refractivity contribution < 1.29 is 0 Å². The lowest BCUT2D eigenvalue weighted by Crippen LogP contribution is -2.03. The fourth-order valence-corrected chi connectivity index (χ4v) is 3.00. The average Bonchev–Trinajstić information content (AvgIpc) is 2.80. The Balaban J connectivity index is 1.85. The van der Waals surface area contributed by atoms with Crippen LogP contribution < -0.4 is 5.32 Å². The summed E-state index contributed by atoms with van der Waals surface area (Å²) >= 11 is 12.8. The summed E-state index contributed by atoms with van der Waals surface area (Å²) < 4.78 is 3.70. The molecule has 0 aliphatic heterocycles. The van der Waals surface area contributed by atoms with Gasteiger partial charge in [-0.3, -0.25) is 4.40 Å². The number of nitrogens with zero attached hydrogens (tertiary/aromatic N) is 3. The van der Waals surface area contributed by atoms with Crippen LogP contribution in [0.15, 0.2) is 45.9 Å². The van der Waals surface area contributed by atoms with Crippen LogP contribution in [0.4, 0.5) is 5.69 Å². The van der Waals surface area contributed by atoms with Crippen LogP contribution in [0.2, 0.25) is 5.02 Å². The summed E-state index contributed by atoms with van der Waals surface area (Å²) in [6, 6.07) is 5.65. The third-order valence-corrected chi connectivity index (χ3v) is 4.13. The van der Waals surface area contributed by atoms with Crippen LogP contribution in [0.3, 0.4) is 0 Å². The van der Waals surface area contributed by atoms with Gasteiger partial charge in [-0.1, -0.05) is 11.6 Å². The molecule has 0 atom stereocenters. The van der Waals surface area contributed by atoms with Crippen LogP contribution in [0.25, 0.3) is 5.65 Å². The zero-order chi connectivity index (χ0) is 14.1. The molecule has 7 heteroatoms. The van der Waals surface area contributed by atoms with Gasteiger partial charge in [0.25, 0.3) is 0 Å². The summed E-state index contributed by atoms with van der Waals surface area (Å²) in [5.41, 5.74) is 2.85. The molecule has 0 saturated carbocycles. The van der Waals surface area contributed by atoms with Gasteiger partial charge in [-0.05, 0) is 50.1 Å². The summed E-state index contributed by atoms with van der Waals surface area (Å²) in [7, 11) is 0. The maximum absolute atomic E-state index is 5.93. The van der Waals surface area contributed by atoms with E-state index in [1.54, 1.807) is 6.20 Å². The van der Waals surface area contributed by atoms with Crippen LogP contribution in [0.1, 0.15) is 5.69 Å². The van der Waals surface area contributed by atoms with Crippen molar-refractivity contribution in [2.45, 2.75) is 6.54 Å². The van der Waals surface area contributed by atoms with E-state index >= 15 is 0 Å². The largest absolute Gasteiger partial charge is 0.378 e.